The molecule has 0 aromatic heterocycles. The summed E-state index contributed by atoms with van der Waals surface area (Å²) >= 11 is 0. The number of nitrogens with one attached hydrogen (secondary N) is 1. The van der Waals surface area contributed by atoms with Gasteiger partial charge in [0.05, 0.1) is 6.61 Å². The number of hydrogen-bond donors (Lipinski definition) is 1. The number of rotatable bonds is 9. The van der Waals surface area contributed by atoms with Gasteiger partial charge in [-0.05, 0) is 93.2 Å². The van der Waals surface area contributed by atoms with E-state index in [1.54, 1.807) is 6.92 Å². The molecule has 5 fully saturated rings. The highest BCUT2D eigenvalue weighted by atomic mass is 16.5. The lowest BCUT2D eigenvalue weighted by molar-refractivity contribution is -0.130. The first-order chi connectivity index (χ1) is 16.5. The van der Waals surface area contributed by atoms with Crippen molar-refractivity contribution < 1.29 is 14.3 Å². The van der Waals surface area contributed by atoms with E-state index in [9.17, 15) is 9.59 Å². The summed E-state index contributed by atoms with van der Waals surface area (Å²) in [5, 5.41) is 3.16. The molecule has 0 unspecified atom stereocenters. The normalized spacial score (nSPS) is 30.4. The summed E-state index contributed by atoms with van der Waals surface area (Å²) in [7, 11) is 0. The predicted molar refractivity (Wildman–Crippen MR) is 134 cm³/mol. The maximum absolute atomic E-state index is 12.9. The van der Waals surface area contributed by atoms with E-state index in [-0.39, 0.29) is 17.2 Å². The fourth-order valence-corrected chi connectivity index (χ4v) is 7.63. The molecule has 0 spiro atoms. The van der Waals surface area contributed by atoms with Gasteiger partial charge < -0.3 is 15.0 Å². The SMILES string of the molecule is CC(=O)N1CCN(CCCCOc2cccc(NC(=O)CC34CC5CC(CC(C5)C3)C4)c2)CC1. The Morgan fingerprint density at radius 1 is 1.00 bits per heavy atom. The number of amides is 2. The van der Waals surface area contributed by atoms with Crippen molar-refractivity contribution in [3.05, 3.63) is 24.3 Å². The van der Waals surface area contributed by atoms with Crippen LogP contribution in [0.3, 0.4) is 0 Å². The van der Waals surface area contributed by atoms with Crippen LogP contribution < -0.4 is 10.1 Å². The van der Waals surface area contributed by atoms with Gasteiger partial charge in [-0.25, -0.2) is 0 Å². The number of ether oxygens (including phenoxy) is 1. The fraction of sp³-hybridized carbons (Fsp3) is 0.714. The van der Waals surface area contributed by atoms with Crippen molar-refractivity contribution >= 4 is 17.5 Å². The molecule has 5 aliphatic rings. The first-order valence-electron chi connectivity index (χ1n) is 13.5. The molecule has 4 saturated carbocycles. The van der Waals surface area contributed by atoms with Gasteiger partial charge in [0.25, 0.3) is 0 Å². The molecular formula is C28H41N3O3. The monoisotopic (exact) mass is 467 g/mol. The highest BCUT2D eigenvalue weighted by Gasteiger charge is 2.51. The molecule has 0 radical (unpaired) electrons. The molecule has 6 heteroatoms. The second kappa shape index (κ2) is 10.3. The summed E-state index contributed by atoms with van der Waals surface area (Å²) in [6, 6.07) is 7.85. The minimum atomic E-state index is 0.170. The number of hydrogen-bond acceptors (Lipinski definition) is 4. The summed E-state index contributed by atoms with van der Waals surface area (Å²) < 4.78 is 5.98. The van der Waals surface area contributed by atoms with Crippen LogP contribution in [0.2, 0.25) is 0 Å². The van der Waals surface area contributed by atoms with Crippen LogP contribution in [0.4, 0.5) is 5.69 Å². The van der Waals surface area contributed by atoms with Gasteiger partial charge in [0.1, 0.15) is 5.75 Å². The van der Waals surface area contributed by atoms with Crippen LogP contribution in [0, 0.1) is 23.2 Å². The summed E-state index contributed by atoms with van der Waals surface area (Å²) in [6.07, 6.45) is 10.8. The van der Waals surface area contributed by atoms with E-state index < -0.39 is 0 Å². The van der Waals surface area contributed by atoms with Crippen molar-refractivity contribution in [3.63, 3.8) is 0 Å². The minimum absolute atomic E-state index is 0.170. The van der Waals surface area contributed by atoms with Crippen molar-refractivity contribution in [2.24, 2.45) is 23.2 Å². The van der Waals surface area contributed by atoms with Gasteiger partial charge in [-0.15, -0.1) is 0 Å². The van der Waals surface area contributed by atoms with Crippen LogP contribution in [0.25, 0.3) is 0 Å². The highest BCUT2D eigenvalue weighted by molar-refractivity contribution is 5.91. The second-order valence-electron chi connectivity index (χ2n) is 11.6. The summed E-state index contributed by atoms with van der Waals surface area (Å²) in [5.74, 6) is 3.80. The lowest BCUT2D eigenvalue weighted by Crippen LogP contribution is -2.48. The molecule has 1 saturated heterocycles. The van der Waals surface area contributed by atoms with Crippen LogP contribution >= 0.6 is 0 Å². The number of anilines is 1. The highest BCUT2D eigenvalue weighted by Crippen LogP contribution is 2.61. The van der Waals surface area contributed by atoms with Crippen molar-refractivity contribution in [1.82, 2.24) is 9.80 Å². The lowest BCUT2D eigenvalue weighted by atomic mass is 9.49. The smallest absolute Gasteiger partial charge is 0.224 e. The van der Waals surface area contributed by atoms with Gasteiger partial charge in [0.2, 0.25) is 11.8 Å². The van der Waals surface area contributed by atoms with E-state index in [4.69, 9.17) is 4.74 Å². The number of benzene rings is 1. The zero-order valence-corrected chi connectivity index (χ0v) is 20.8. The molecule has 34 heavy (non-hydrogen) atoms. The van der Waals surface area contributed by atoms with Gasteiger partial charge in [0.15, 0.2) is 0 Å². The second-order valence-corrected chi connectivity index (χ2v) is 11.6. The third-order valence-corrected chi connectivity index (χ3v) is 8.77. The summed E-state index contributed by atoms with van der Waals surface area (Å²) in [5.41, 5.74) is 1.11. The van der Waals surface area contributed by atoms with E-state index in [0.717, 1.165) is 74.8 Å². The number of piperazine rings is 1. The molecule has 2 amide bonds. The quantitative estimate of drug-likeness (QED) is 0.541. The molecular weight excluding hydrogens is 426 g/mol. The number of carbonyl (C=O) groups is 2. The van der Waals surface area contributed by atoms with Crippen molar-refractivity contribution in [2.45, 2.75) is 64.7 Å². The van der Waals surface area contributed by atoms with E-state index in [0.29, 0.717) is 13.0 Å². The largest absolute Gasteiger partial charge is 0.494 e. The molecule has 1 aliphatic heterocycles. The average molecular weight is 468 g/mol. The van der Waals surface area contributed by atoms with Gasteiger partial charge in [-0.1, -0.05) is 6.07 Å². The first kappa shape index (κ1) is 23.7. The Kier molecular flexibility index (Phi) is 7.14. The van der Waals surface area contributed by atoms with Gasteiger partial charge in [0, 0.05) is 51.3 Å². The molecule has 1 aromatic carbocycles. The van der Waals surface area contributed by atoms with Crippen molar-refractivity contribution in [1.29, 1.82) is 0 Å². The molecule has 4 bridgehead atoms. The zero-order chi connectivity index (χ0) is 23.5. The average Bonchev–Trinajstić information content (AvgIpc) is 2.78. The van der Waals surface area contributed by atoms with Gasteiger partial charge in [-0.2, -0.15) is 0 Å². The van der Waals surface area contributed by atoms with E-state index in [1.165, 1.54) is 38.5 Å². The van der Waals surface area contributed by atoms with E-state index in [2.05, 4.69) is 10.2 Å². The Balaban J connectivity index is 1.02. The Bertz CT molecular complexity index is 842. The van der Waals surface area contributed by atoms with E-state index >= 15 is 0 Å². The first-order valence-corrected chi connectivity index (χ1v) is 13.5. The van der Waals surface area contributed by atoms with Gasteiger partial charge >= 0.3 is 0 Å². The predicted octanol–water partition coefficient (Wildman–Crippen LogP) is 4.55. The van der Waals surface area contributed by atoms with E-state index in [1.807, 2.05) is 29.2 Å². The molecule has 0 atom stereocenters. The number of unbranched alkanes of at least 4 members (excludes halogenated alkanes) is 1. The fourth-order valence-electron chi connectivity index (χ4n) is 7.63. The number of nitrogens with zero attached hydrogens (tertiary/aromatic N) is 2. The Morgan fingerprint density at radius 2 is 1.68 bits per heavy atom. The summed E-state index contributed by atoms with van der Waals surface area (Å²) in [6.45, 7) is 6.99. The standard InChI is InChI=1S/C28H41N3O3/c1-21(32)31-10-8-30(9-11-31)7-2-3-12-34-26-6-4-5-25(16-26)29-27(33)20-28-17-22-13-23(18-28)15-24(14-22)19-28/h4-6,16,22-24H,2-3,7-15,17-20H2,1H3,(H,29,33). The van der Waals surface area contributed by atoms with Gasteiger partial charge in [-0.3, -0.25) is 14.5 Å². The summed E-state index contributed by atoms with van der Waals surface area (Å²) in [4.78, 5) is 28.7. The molecule has 1 N–H and O–H groups in total. The Hall–Kier alpha value is -2.08. The molecule has 1 aromatic rings. The molecule has 186 valence electrons. The van der Waals surface area contributed by atoms with Crippen LogP contribution in [0.15, 0.2) is 24.3 Å². The molecule has 1 heterocycles. The third kappa shape index (κ3) is 5.76. The Morgan fingerprint density at radius 3 is 2.32 bits per heavy atom. The molecule has 6 rings (SSSR count). The minimum Gasteiger partial charge on any atom is -0.494 e. The maximum Gasteiger partial charge on any atom is 0.224 e. The van der Waals surface area contributed by atoms with Crippen LogP contribution in [0.1, 0.15) is 64.7 Å². The number of carbonyl (C=O) groups excluding carboxylic acids is 2. The van der Waals surface area contributed by atoms with Crippen LogP contribution in [-0.4, -0.2) is 60.9 Å². The lowest BCUT2D eigenvalue weighted by Gasteiger charge is -2.56. The van der Waals surface area contributed by atoms with Crippen LogP contribution in [0.5, 0.6) is 5.75 Å². The topological polar surface area (TPSA) is 61.9 Å². The van der Waals surface area contributed by atoms with Crippen molar-refractivity contribution in [2.75, 3.05) is 44.6 Å². The Labute approximate surface area is 204 Å². The third-order valence-electron chi connectivity index (χ3n) is 8.77. The molecule has 6 nitrogen and oxygen atoms in total. The van der Waals surface area contributed by atoms with Crippen LogP contribution in [-0.2, 0) is 9.59 Å². The zero-order valence-electron chi connectivity index (χ0n) is 20.8. The maximum atomic E-state index is 12.9. The molecule has 4 aliphatic carbocycles. The van der Waals surface area contributed by atoms with Crippen molar-refractivity contribution in [3.8, 4) is 5.75 Å².